The van der Waals surface area contributed by atoms with Crippen molar-refractivity contribution in [3.63, 3.8) is 0 Å². The first-order valence-corrected chi connectivity index (χ1v) is 9.16. The zero-order valence-corrected chi connectivity index (χ0v) is 15.1. The normalized spacial score (nSPS) is 13.7. The molecule has 0 fully saturated rings. The van der Waals surface area contributed by atoms with Crippen molar-refractivity contribution in [2.45, 2.75) is 21.7 Å². The molecule has 4 nitrogen and oxygen atoms in total. The largest absolute Gasteiger partial charge is 0.508 e. The van der Waals surface area contributed by atoms with E-state index in [1.807, 2.05) is 6.92 Å². The first-order chi connectivity index (χ1) is 10.6. The highest BCUT2D eigenvalue weighted by Crippen LogP contribution is 2.41. The van der Waals surface area contributed by atoms with Gasteiger partial charge in [0.2, 0.25) is 13.8 Å². The van der Waals surface area contributed by atoms with Gasteiger partial charge in [0.1, 0.15) is 5.75 Å². The molecule has 0 unspecified atom stereocenters. The molecule has 0 spiro atoms. The van der Waals surface area contributed by atoms with Crippen molar-refractivity contribution in [1.82, 2.24) is 4.72 Å². The fraction of sp³-hybridized carbons (Fsp3) is 0.200. The van der Waals surface area contributed by atoms with E-state index in [2.05, 4.69) is 4.72 Å². The monoisotopic (exact) mass is 393 g/mol. The Morgan fingerprint density at radius 3 is 2.00 bits per heavy atom. The number of aryl methyl sites for hydroxylation is 1. The second-order valence-electron chi connectivity index (χ2n) is 5.00. The van der Waals surface area contributed by atoms with Crippen LogP contribution in [0, 0.1) is 6.92 Å². The highest BCUT2D eigenvalue weighted by molar-refractivity contribution is 7.89. The maximum atomic E-state index is 12.5. The lowest BCUT2D eigenvalue weighted by molar-refractivity contribution is 0.474. The maximum Gasteiger partial charge on any atom is 0.241 e. The van der Waals surface area contributed by atoms with Crippen LogP contribution in [-0.2, 0) is 10.0 Å². The Labute approximate surface area is 150 Å². The summed E-state index contributed by atoms with van der Waals surface area (Å²) in [5, 5.41) is 9.34. The lowest BCUT2D eigenvalue weighted by Crippen LogP contribution is -2.36. The molecule has 0 radical (unpaired) electrons. The van der Waals surface area contributed by atoms with Crippen molar-refractivity contribution in [2.24, 2.45) is 0 Å². The van der Waals surface area contributed by atoms with Gasteiger partial charge in [-0.1, -0.05) is 64.6 Å². The summed E-state index contributed by atoms with van der Waals surface area (Å²) >= 11 is 17.8. The molecule has 0 saturated carbocycles. The molecular formula is C15H14Cl3NO3S. The highest BCUT2D eigenvalue weighted by Gasteiger charge is 2.37. The number of aromatic hydroxyl groups is 1. The van der Waals surface area contributed by atoms with Crippen LogP contribution in [0.5, 0.6) is 5.75 Å². The lowest BCUT2D eigenvalue weighted by Gasteiger charge is -2.26. The Morgan fingerprint density at radius 2 is 1.52 bits per heavy atom. The second kappa shape index (κ2) is 6.87. The predicted molar refractivity (Wildman–Crippen MR) is 92.6 cm³/mol. The molecule has 1 atom stereocenters. The van der Waals surface area contributed by atoms with Gasteiger partial charge in [-0.05, 0) is 36.8 Å². The second-order valence-corrected chi connectivity index (χ2v) is 9.08. The van der Waals surface area contributed by atoms with E-state index in [9.17, 15) is 13.5 Å². The molecule has 0 heterocycles. The highest BCUT2D eigenvalue weighted by atomic mass is 35.6. The summed E-state index contributed by atoms with van der Waals surface area (Å²) in [6, 6.07) is 10.9. The van der Waals surface area contributed by atoms with Gasteiger partial charge < -0.3 is 5.11 Å². The molecule has 23 heavy (non-hydrogen) atoms. The molecular weight excluding hydrogens is 381 g/mol. The van der Waals surface area contributed by atoms with Crippen molar-refractivity contribution >= 4 is 44.8 Å². The topological polar surface area (TPSA) is 66.4 Å². The van der Waals surface area contributed by atoms with Crippen LogP contribution in [0.1, 0.15) is 17.2 Å². The van der Waals surface area contributed by atoms with Gasteiger partial charge in [-0.3, -0.25) is 0 Å². The molecule has 8 heteroatoms. The van der Waals surface area contributed by atoms with Crippen molar-refractivity contribution in [3.8, 4) is 5.75 Å². The van der Waals surface area contributed by atoms with Crippen molar-refractivity contribution < 1.29 is 13.5 Å². The molecule has 124 valence electrons. The van der Waals surface area contributed by atoms with Gasteiger partial charge in [-0.25, -0.2) is 8.42 Å². The standard InChI is InChI=1S/C15H14Cl3NO3S/c1-10-2-8-13(9-3-10)23(21,22)19-14(15(16,17)18)11-4-6-12(20)7-5-11/h2-9,14,19-20H,1H3/t14-/m1/s1. The summed E-state index contributed by atoms with van der Waals surface area (Å²) in [6.45, 7) is 1.85. The average Bonchev–Trinajstić information content (AvgIpc) is 2.45. The van der Waals surface area contributed by atoms with Gasteiger partial charge in [-0.2, -0.15) is 4.72 Å². The fourth-order valence-corrected chi connectivity index (χ4v) is 3.92. The van der Waals surface area contributed by atoms with Gasteiger partial charge >= 0.3 is 0 Å². The smallest absolute Gasteiger partial charge is 0.241 e. The van der Waals surface area contributed by atoms with Crippen LogP contribution >= 0.6 is 34.8 Å². The van der Waals surface area contributed by atoms with Crippen molar-refractivity contribution in [1.29, 1.82) is 0 Å². The van der Waals surface area contributed by atoms with E-state index in [4.69, 9.17) is 34.8 Å². The van der Waals surface area contributed by atoms with Crippen LogP contribution in [-0.4, -0.2) is 17.3 Å². The SMILES string of the molecule is Cc1ccc(S(=O)(=O)N[C@H](c2ccc(O)cc2)C(Cl)(Cl)Cl)cc1. The molecule has 0 aliphatic carbocycles. The lowest BCUT2D eigenvalue weighted by atomic mass is 10.1. The molecule has 0 bridgehead atoms. The Bertz CT molecular complexity index is 769. The number of hydrogen-bond acceptors (Lipinski definition) is 3. The van der Waals surface area contributed by atoms with E-state index in [1.165, 1.54) is 36.4 Å². The van der Waals surface area contributed by atoms with E-state index in [-0.39, 0.29) is 10.6 Å². The van der Waals surface area contributed by atoms with Crippen LogP contribution in [0.4, 0.5) is 0 Å². The molecule has 0 aromatic heterocycles. The summed E-state index contributed by atoms with van der Waals surface area (Å²) in [5.41, 5.74) is 1.35. The van der Waals surface area contributed by atoms with E-state index >= 15 is 0 Å². The number of phenols is 1. The minimum Gasteiger partial charge on any atom is -0.508 e. The third-order valence-electron chi connectivity index (χ3n) is 3.16. The molecule has 0 aliphatic heterocycles. The summed E-state index contributed by atoms with van der Waals surface area (Å²) in [7, 11) is -3.88. The third-order valence-corrected chi connectivity index (χ3v) is 5.25. The summed E-state index contributed by atoms with van der Waals surface area (Å²) in [4.78, 5) is 0.0705. The Balaban J connectivity index is 2.38. The number of nitrogens with one attached hydrogen (secondary N) is 1. The van der Waals surface area contributed by atoms with Gasteiger partial charge in [0.05, 0.1) is 10.9 Å². The molecule has 0 aliphatic rings. The number of halogens is 3. The maximum absolute atomic E-state index is 12.5. The first-order valence-electron chi connectivity index (χ1n) is 6.54. The van der Waals surface area contributed by atoms with Crippen molar-refractivity contribution in [2.75, 3.05) is 0 Å². The Morgan fingerprint density at radius 1 is 1.00 bits per heavy atom. The number of benzene rings is 2. The number of phenolic OH excluding ortho intramolecular Hbond substituents is 1. The van der Waals surface area contributed by atoms with Crippen LogP contribution < -0.4 is 4.72 Å². The summed E-state index contributed by atoms with van der Waals surface area (Å²) in [6.07, 6.45) is 0. The van der Waals surface area contributed by atoms with Crippen LogP contribution in [0.3, 0.4) is 0 Å². The first kappa shape index (κ1) is 18.4. The van der Waals surface area contributed by atoms with Gasteiger partial charge in [0, 0.05) is 0 Å². The number of hydrogen-bond donors (Lipinski definition) is 2. The van der Waals surface area contributed by atoms with Gasteiger partial charge in [0.15, 0.2) is 0 Å². The van der Waals surface area contributed by atoms with Crippen LogP contribution in [0.2, 0.25) is 0 Å². The molecule has 2 rings (SSSR count). The number of sulfonamides is 1. The number of alkyl halides is 3. The quantitative estimate of drug-likeness (QED) is 0.768. The van der Waals surface area contributed by atoms with Gasteiger partial charge in [-0.15, -0.1) is 0 Å². The molecule has 2 aromatic rings. The molecule has 2 aromatic carbocycles. The third kappa shape index (κ3) is 4.75. The van der Waals surface area contributed by atoms with E-state index < -0.39 is 19.9 Å². The van der Waals surface area contributed by atoms with Gasteiger partial charge in [0.25, 0.3) is 0 Å². The predicted octanol–water partition coefficient (Wildman–Crippen LogP) is 4.09. The zero-order chi connectivity index (χ0) is 17.3. The fourth-order valence-electron chi connectivity index (χ4n) is 1.93. The van der Waals surface area contributed by atoms with E-state index in [0.29, 0.717) is 5.56 Å². The van der Waals surface area contributed by atoms with Crippen LogP contribution in [0.15, 0.2) is 53.4 Å². The Hall–Kier alpha value is -0.980. The van der Waals surface area contributed by atoms with Crippen LogP contribution in [0.25, 0.3) is 0 Å². The average molecular weight is 395 g/mol. The summed E-state index contributed by atoms with van der Waals surface area (Å²) < 4.78 is 25.5. The minimum atomic E-state index is -3.88. The molecule has 2 N–H and O–H groups in total. The summed E-state index contributed by atoms with van der Waals surface area (Å²) in [5.74, 6) is 0.0261. The Kier molecular flexibility index (Phi) is 5.48. The van der Waals surface area contributed by atoms with E-state index in [1.54, 1.807) is 12.1 Å². The van der Waals surface area contributed by atoms with Crippen molar-refractivity contribution in [3.05, 3.63) is 59.7 Å². The molecule has 0 amide bonds. The molecule has 0 saturated heterocycles. The zero-order valence-electron chi connectivity index (χ0n) is 12.0. The van der Waals surface area contributed by atoms with E-state index in [0.717, 1.165) is 5.56 Å². The minimum absolute atomic E-state index is 0.0261. The number of rotatable bonds is 4.